The first-order valence-corrected chi connectivity index (χ1v) is 8.44. The first kappa shape index (κ1) is 17.2. The van der Waals surface area contributed by atoms with Gasteiger partial charge in [-0.3, -0.25) is 0 Å². The lowest BCUT2D eigenvalue weighted by molar-refractivity contribution is 0.340. The van der Waals surface area contributed by atoms with E-state index in [1.165, 1.54) is 17.7 Å². The van der Waals surface area contributed by atoms with E-state index in [0.717, 1.165) is 17.2 Å². The molecule has 128 valence electrons. The normalized spacial score (nSPS) is 12.2. The number of aryl methyl sites for hydroxylation is 1. The van der Waals surface area contributed by atoms with Gasteiger partial charge in [-0.15, -0.1) is 0 Å². The third kappa shape index (κ3) is 3.71. The molecule has 0 saturated heterocycles. The van der Waals surface area contributed by atoms with Crippen LogP contribution in [0.25, 0.3) is 22.4 Å². The maximum atomic E-state index is 14.6. The molecule has 3 aromatic carbocycles. The Balaban J connectivity index is 1.95. The summed E-state index contributed by atoms with van der Waals surface area (Å²) in [6.45, 7) is 4.49. The van der Waals surface area contributed by atoms with Crippen molar-refractivity contribution in [1.29, 1.82) is 0 Å². The SMILES string of the molecule is CCOc1ccc(C(F)=C(F)c2ccc3cc(CC)ccc3c2)cc1. The van der Waals surface area contributed by atoms with Crippen molar-refractivity contribution in [3.63, 3.8) is 0 Å². The molecule has 0 unspecified atom stereocenters. The summed E-state index contributed by atoms with van der Waals surface area (Å²) < 4.78 is 34.4. The molecule has 3 aromatic rings. The van der Waals surface area contributed by atoms with Crippen LogP contribution in [0.1, 0.15) is 30.5 Å². The summed E-state index contributed by atoms with van der Waals surface area (Å²) in [5, 5.41) is 1.92. The highest BCUT2D eigenvalue weighted by Crippen LogP contribution is 2.31. The van der Waals surface area contributed by atoms with Gasteiger partial charge in [0.2, 0.25) is 0 Å². The number of benzene rings is 3. The molecule has 0 aliphatic rings. The quantitative estimate of drug-likeness (QED) is 0.478. The van der Waals surface area contributed by atoms with Crippen LogP contribution < -0.4 is 4.74 Å². The third-order valence-corrected chi connectivity index (χ3v) is 4.18. The summed E-state index contributed by atoms with van der Waals surface area (Å²) >= 11 is 0. The molecular formula is C22H20F2O. The lowest BCUT2D eigenvalue weighted by Gasteiger charge is -2.07. The molecule has 1 nitrogen and oxygen atoms in total. The molecule has 0 aliphatic carbocycles. The monoisotopic (exact) mass is 338 g/mol. The van der Waals surface area contributed by atoms with Crippen molar-refractivity contribution >= 4 is 22.4 Å². The van der Waals surface area contributed by atoms with Gasteiger partial charge in [-0.2, -0.15) is 0 Å². The van der Waals surface area contributed by atoms with Crippen LogP contribution in [0, 0.1) is 0 Å². The number of hydrogen-bond donors (Lipinski definition) is 0. The Kier molecular flexibility index (Phi) is 5.13. The highest BCUT2D eigenvalue weighted by atomic mass is 19.2. The smallest absolute Gasteiger partial charge is 0.166 e. The first-order chi connectivity index (χ1) is 12.1. The Morgan fingerprint density at radius 1 is 0.760 bits per heavy atom. The minimum absolute atomic E-state index is 0.197. The summed E-state index contributed by atoms with van der Waals surface area (Å²) in [6, 6.07) is 17.5. The highest BCUT2D eigenvalue weighted by Gasteiger charge is 2.12. The van der Waals surface area contributed by atoms with Gasteiger partial charge < -0.3 is 4.74 Å². The van der Waals surface area contributed by atoms with Crippen molar-refractivity contribution in [1.82, 2.24) is 0 Å². The Morgan fingerprint density at radius 2 is 1.36 bits per heavy atom. The van der Waals surface area contributed by atoms with E-state index in [-0.39, 0.29) is 11.1 Å². The Labute approximate surface area is 146 Å². The molecule has 0 radical (unpaired) electrons. The van der Waals surface area contributed by atoms with Gasteiger partial charge in [0.15, 0.2) is 11.7 Å². The topological polar surface area (TPSA) is 9.23 Å². The van der Waals surface area contributed by atoms with E-state index in [2.05, 4.69) is 13.0 Å². The highest BCUT2D eigenvalue weighted by molar-refractivity contribution is 5.90. The van der Waals surface area contributed by atoms with Crippen molar-refractivity contribution in [2.75, 3.05) is 6.61 Å². The molecule has 0 aliphatic heterocycles. The van der Waals surface area contributed by atoms with Crippen LogP contribution in [-0.2, 0) is 6.42 Å². The van der Waals surface area contributed by atoms with E-state index < -0.39 is 11.7 Å². The predicted molar refractivity (Wildman–Crippen MR) is 100.0 cm³/mol. The van der Waals surface area contributed by atoms with Crippen molar-refractivity contribution in [2.45, 2.75) is 20.3 Å². The second-order valence-electron chi connectivity index (χ2n) is 5.84. The molecule has 25 heavy (non-hydrogen) atoms. The maximum Gasteiger partial charge on any atom is 0.166 e. The summed E-state index contributed by atoms with van der Waals surface area (Å²) in [5.74, 6) is -1.09. The second-order valence-corrected chi connectivity index (χ2v) is 5.84. The maximum absolute atomic E-state index is 14.6. The van der Waals surface area contributed by atoms with E-state index in [1.54, 1.807) is 24.3 Å². The molecular weight excluding hydrogens is 318 g/mol. The van der Waals surface area contributed by atoms with Crippen LogP contribution in [0.15, 0.2) is 60.7 Å². The van der Waals surface area contributed by atoms with Crippen molar-refractivity contribution in [2.24, 2.45) is 0 Å². The average Bonchev–Trinajstić information content (AvgIpc) is 2.67. The standard InChI is InChI=1S/C22H20F2O/c1-3-15-5-6-18-14-19(8-7-17(18)13-15)22(24)21(23)16-9-11-20(12-10-16)25-4-2/h5-14H,3-4H2,1-2H3. The summed E-state index contributed by atoms with van der Waals surface area (Å²) in [6.07, 6.45) is 0.943. The lowest BCUT2D eigenvalue weighted by atomic mass is 10.0. The fourth-order valence-electron chi connectivity index (χ4n) is 2.77. The minimum atomic E-state index is -0.868. The summed E-state index contributed by atoms with van der Waals surface area (Å²) in [4.78, 5) is 0. The van der Waals surface area contributed by atoms with E-state index in [9.17, 15) is 8.78 Å². The number of ether oxygens (including phenoxy) is 1. The van der Waals surface area contributed by atoms with Gasteiger partial charge in [0, 0.05) is 11.1 Å². The number of halogens is 2. The van der Waals surface area contributed by atoms with E-state index in [0.29, 0.717) is 12.4 Å². The number of rotatable bonds is 5. The van der Waals surface area contributed by atoms with Gasteiger partial charge in [0.25, 0.3) is 0 Å². The van der Waals surface area contributed by atoms with Gasteiger partial charge >= 0.3 is 0 Å². The number of hydrogen-bond acceptors (Lipinski definition) is 1. The van der Waals surface area contributed by atoms with Gasteiger partial charge in [-0.1, -0.05) is 37.3 Å². The van der Waals surface area contributed by atoms with Crippen LogP contribution in [-0.4, -0.2) is 6.61 Å². The molecule has 0 saturated carbocycles. The molecule has 0 N–H and O–H groups in total. The molecule has 0 amide bonds. The number of fused-ring (bicyclic) bond motifs is 1. The van der Waals surface area contributed by atoms with Crippen LogP contribution in [0.4, 0.5) is 8.78 Å². The molecule has 0 aromatic heterocycles. The van der Waals surface area contributed by atoms with Gasteiger partial charge in [0.05, 0.1) is 6.61 Å². The second kappa shape index (κ2) is 7.47. The van der Waals surface area contributed by atoms with E-state index >= 15 is 0 Å². The van der Waals surface area contributed by atoms with Crippen LogP contribution in [0.2, 0.25) is 0 Å². The zero-order chi connectivity index (χ0) is 17.8. The van der Waals surface area contributed by atoms with Gasteiger partial charge in [-0.05, 0) is 60.0 Å². The van der Waals surface area contributed by atoms with Crippen molar-refractivity contribution in [3.05, 3.63) is 77.4 Å². The van der Waals surface area contributed by atoms with Crippen LogP contribution >= 0.6 is 0 Å². The zero-order valence-electron chi connectivity index (χ0n) is 14.4. The molecule has 0 atom stereocenters. The molecule has 0 heterocycles. The average molecular weight is 338 g/mol. The third-order valence-electron chi connectivity index (χ3n) is 4.18. The lowest BCUT2D eigenvalue weighted by Crippen LogP contribution is -1.91. The van der Waals surface area contributed by atoms with Gasteiger partial charge in [0.1, 0.15) is 5.75 Å². The van der Waals surface area contributed by atoms with Crippen molar-refractivity contribution < 1.29 is 13.5 Å². The summed E-state index contributed by atoms with van der Waals surface area (Å²) in [7, 11) is 0. The van der Waals surface area contributed by atoms with Gasteiger partial charge in [-0.25, -0.2) is 8.78 Å². The largest absolute Gasteiger partial charge is 0.494 e. The van der Waals surface area contributed by atoms with E-state index in [1.807, 2.05) is 25.1 Å². The molecule has 3 rings (SSSR count). The van der Waals surface area contributed by atoms with Crippen LogP contribution in [0.5, 0.6) is 5.75 Å². The Bertz CT molecular complexity index is 911. The van der Waals surface area contributed by atoms with Crippen molar-refractivity contribution in [3.8, 4) is 5.75 Å². The van der Waals surface area contributed by atoms with E-state index in [4.69, 9.17) is 4.74 Å². The minimum Gasteiger partial charge on any atom is -0.494 e. The molecule has 0 bridgehead atoms. The molecule has 3 heteroatoms. The summed E-state index contributed by atoms with van der Waals surface area (Å²) in [5.41, 5.74) is 1.65. The Hall–Kier alpha value is -2.68. The first-order valence-electron chi connectivity index (χ1n) is 8.44. The Morgan fingerprint density at radius 3 is 2.04 bits per heavy atom. The fraction of sp³-hybridized carbons (Fsp3) is 0.182. The molecule has 0 spiro atoms. The predicted octanol–water partition coefficient (Wildman–Crippen LogP) is 6.57. The zero-order valence-corrected chi connectivity index (χ0v) is 14.4. The fourth-order valence-corrected chi connectivity index (χ4v) is 2.77. The van der Waals surface area contributed by atoms with Crippen LogP contribution in [0.3, 0.4) is 0 Å². The molecule has 0 fully saturated rings.